The quantitative estimate of drug-likeness (QED) is 0.444. The maximum atomic E-state index is 9.70. The van der Waals surface area contributed by atoms with Gasteiger partial charge in [0.25, 0.3) is 0 Å². The molecule has 0 radical (unpaired) electrons. The molecule has 1 aliphatic heterocycles. The number of thiophene rings is 1. The highest BCUT2D eigenvalue weighted by molar-refractivity contribution is 7.16. The number of hydrogen-bond acceptors (Lipinski definition) is 8. The summed E-state index contributed by atoms with van der Waals surface area (Å²) in [6.07, 6.45) is 0.689. The van der Waals surface area contributed by atoms with Gasteiger partial charge in [0.1, 0.15) is 22.5 Å². The lowest BCUT2D eigenvalue weighted by molar-refractivity contribution is 0.273. The van der Waals surface area contributed by atoms with E-state index in [9.17, 15) is 15.7 Å². The summed E-state index contributed by atoms with van der Waals surface area (Å²) < 4.78 is 0. The Morgan fingerprint density at radius 2 is 2.04 bits per heavy atom. The first-order chi connectivity index (χ1) is 12.1. The number of anilines is 1. The molecular weight excluding hydrogens is 338 g/mol. The van der Waals surface area contributed by atoms with Gasteiger partial charge in [-0.1, -0.05) is 40.6 Å². The zero-order chi connectivity index (χ0) is 18.0. The van der Waals surface area contributed by atoms with Crippen LogP contribution in [0.5, 0.6) is 0 Å². The third kappa shape index (κ3) is 2.84. The van der Waals surface area contributed by atoms with E-state index in [2.05, 4.69) is 16.4 Å². The van der Waals surface area contributed by atoms with Crippen LogP contribution in [-0.4, -0.2) is 40.3 Å². The first-order valence-corrected chi connectivity index (χ1v) is 8.45. The van der Waals surface area contributed by atoms with Crippen molar-refractivity contribution in [1.82, 2.24) is 4.90 Å². The van der Waals surface area contributed by atoms with Gasteiger partial charge in [-0.2, -0.15) is 5.26 Å². The predicted molar refractivity (Wildman–Crippen MR) is 96.5 cm³/mol. The molecule has 0 saturated heterocycles. The third-order valence-electron chi connectivity index (χ3n) is 4.34. The van der Waals surface area contributed by atoms with Crippen molar-refractivity contribution in [1.29, 1.82) is 5.26 Å². The van der Waals surface area contributed by atoms with E-state index in [1.165, 1.54) is 11.3 Å². The Balaban J connectivity index is 2.13. The summed E-state index contributed by atoms with van der Waals surface area (Å²) in [6, 6.07) is 10.7. The van der Waals surface area contributed by atoms with Crippen molar-refractivity contribution in [3.8, 4) is 6.07 Å². The Morgan fingerprint density at radius 1 is 1.32 bits per heavy atom. The molecule has 0 spiro atoms. The number of likely N-dealkylation sites (N-methyl/N-ethyl adjacent to an activating group) is 1. The van der Waals surface area contributed by atoms with Gasteiger partial charge >= 0.3 is 0 Å². The summed E-state index contributed by atoms with van der Waals surface area (Å²) in [5, 5.41) is 35.9. The fourth-order valence-corrected chi connectivity index (χ4v) is 4.37. The number of benzene rings is 1. The molecular formula is C17H17N5O2S. The number of fused-ring (bicyclic) bond motifs is 1. The average Bonchev–Trinajstić information content (AvgIpc) is 2.96. The standard InChI is InChI=1S/C17H17N5O2S/c1-22-8-7-11-12(9-18)17(19)25-16(11)15(22)14(21-24)13(20-23)10-5-3-2-4-6-10/h2-6,15,23-24H,7-8,19H2,1H3. The molecule has 1 aromatic heterocycles. The Kier molecular flexibility index (Phi) is 4.70. The highest BCUT2D eigenvalue weighted by atomic mass is 32.1. The van der Waals surface area contributed by atoms with Crippen molar-refractivity contribution in [2.45, 2.75) is 12.5 Å². The van der Waals surface area contributed by atoms with Gasteiger partial charge in [-0.15, -0.1) is 11.3 Å². The number of nitrogens with two attached hydrogens (primary N) is 1. The van der Waals surface area contributed by atoms with E-state index in [4.69, 9.17) is 5.73 Å². The topological polar surface area (TPSA) is 118 Å². The van der Waals surface area contributed by atoms with Crippen LogP contribution >= 0.6 is 11.3 Å². The van der Waals surface area contributed by atoms with Gasteiger partial charge in [0.05, 0.1) is 11.6 Å². The Hall–Kier alpha value is -2.89. The van der Waals surface area contributed by atoms with Crippen LogP contribution in [0.25, 0.3) is 0 Å². The van der Waals surface area contributed by atoms with E-state index < -0.39 is 6.04 Å². The molecule has 0 aliphatic carbocycles. The second kappa shape index (κ2) is 6.93. The molecule has 4 N–H and O–H groups in total. The number of nitrogens with zero attached hydrogens (tertiary/aromatic N) is 4. The monoisotopic (exact) mass is 355 g/mol. The van der Waals surface area contributed by atoms with Crippen LogP contribution in [0.1, 0.15) is 27.6 Å². The van der Waals surface area contributed by atoms with E-state index in [-0.39, 0.29) is 11.4 Å². The van der Waals surface area contributed by atoms with E-state index in [0.29, 0.717) is 29.1 Å². The van der Waals surface area contributed by atoms with Gasteiger partial charge in [-0.05, 0) is 19.0 Å². The molecule has 128 valence electrons. The zero-order valence-electron chi connectivity index (χ0n) is 13.5. The van der Waals surface area contributed by atoms with Crippen molar-refractivity contribution < 1.29 is 10.4 Å². The number of rotatable bonds is 3. The maximum absolute atomic E-state index is 9.70. The molecule has 0 bridgehead atoms. The molecule has 25 heavy (non-hydrogen) atoms. The summed E-state index contributed by atoms with van der Waals surface area (Å²) in [5.74, 6) is 0. The van der Waals surface area contributed by atoms with Gasteiger partial charge in [0.2, 0.25) is 0 Å². The molecule has 0 saturated carbocycles. The highest BCUT2D eigenvalue weighted by Gasteiger charge is 2.36. The van der Waals surface area contributed by atoms with Crippen molar-refractivity contribution >= 4 is 27.8 Å². The summed E-state index contributed by atoms with van der Waals surface area (Å²) >= 11 is 1.31. The van der Waals surface area contributed by atoms with Crippen molar-refractivity contribution in [3.05, 3.63) is 51.9 Å². The van der Waals surface area contributed by atoms with Crippen molar-refractivity contribution in [3.63, 3.8) is 0 Å². The third-order valence-corrected chi connectivity index (χ3v) is 5.45. The number of hydrogen-bond donors (Lipinski definition) is 3. The van der Waals surface area contributed by atoms with Crippen LogP contribution < -0.4 is 5.73 Å². The molecule has 1 atom stereocenters. The predicted octanol–water partition coefficient (Wildman–Crippen LogP) is 2.44. The van der Waals surface area contributed by atoms with Crippen LogP contribution in [0.4, 0.5) is 5.00 Å². The zero-order valence-corrected chi connectivity index (χ0v) is 14.4. The Bertz CT molecular complexity index is 882. The highest BCUT2D eigenvalue weighted by Crippen LogP contribution is 2.41. The normalized spacial score (nSPS) is 18.6. The van der Waals surface area contributed by atoms with Gasteiger partial charge in [0, 0.05) is 17.0 Å². The van der Waals surface area contributed by atoms with Crippen LogP contribution in [0.2, 0.25) is 0 Å². The van der Waals surface area contributed by atoms with E-state index in [1.807, 2.05) is 30.1 Å². The minimum Gasteiger partial charge on any atom is -0.411 e. The van der Waals surface area contributed by atoms with E-state index >= 15 is 0 Å². The van der Waals surface area contributed by atoms with Gasteiger partial charge in [-0.25, -0.2) is 0 Å². The smallest absolute Gasteiger partial charge is 0.136 e. The van der Waals surface area contributed by atoms with Gasteiger partial charge in [-0.3, -0.25) is 4.90 Å². The Labute approximate surface area is 148 Å². The maximum Gasteiger partial charge on any atom is 0.136 e. The summed E-state index contributed by atoms with van der Waals surface area (Å²) in [4.78, 5) is 2.83. The second-order valence-corrected chi connectivity index (χ2v) is 6.81. The molecule has 8 heteroatoms. The molecule has 3 rings (SSSR count). The van der Waals surface area contributed by atoms with Gasteiger partial charge < -0.3 is 16.1 Å². The van der Waals surface area contributed by atoms with E-state index in [0.717, 1.165) is 10.4 Å². The lowest BCUT2D eigenvalue weighted by Gasteiger charge is -2.32. The second-order valence-electron chi connectivity index (χ2n) is 5.73. The van der Waals surface area contributed by atoms with Crippen molar-refractivity contribution in [2.24, 2.45) is 10.3 Å². The number of nitrogen functional groups attached to an aromatic ring is 1. The lowest BCUT2D eigenvalue weighted by Crippen LogP contribution is -2.39. The minimum atomic E-state index is -0.450. The molecule has 1 unspecified atom stereocenters. The summed E-state index contributed by atoms with van der Waals surface area (Å²) in [6.45, 7) is 0.662. The summed E-state index contributed by atoms with van der Waals surface area (Å²) in [5.41, 5.74) is 8.37. The molecule has 2 heterocycles. The van der Waals surface area contributed by atoms with Crippen molar-refractivity contribution in [2.75, 3.05) is 19.3 Å². The lowest BCUT2D eigenvalue weighted by atomic mass is 9.91. The number of oxime groups is 2. The molecule has 0 fully saturated rings. The SMILES string of the molecule is CN1CCc2c(sc(N)c2C#N)C1C(=NO)C(=NO)c1ccccc1. The van der Waals surface area contributed by atoms with Crippen LogP contribution in [-0.2, 0) is 6.42 Å². The van der Waals surface area contributed by atoms with Crippen LogP contribution in [0.3, 0.4) is 0 Å². The van der Waals surface area contributed by atoms with Crippen LogP contribution in [0.15, 0.2) is 40.6 Å². The molecule has 2 aromatic rings. The average molecular weight is 355 g/mol. The first-order valence-electron chi connectivity index (χ1n) is 7.63. The molecule has 1 aliphatic rings. The van der Waals surface area contributed by atoms with E-state index in [1.54, 1.807) is 12.1 Å². The molecule has 1 aromatic carbocycles. The minimum absolute atomic E-state index is 0.179. The molecule has 7 nitrogen and oxygen atoms in total. The molecule has 0 amide bonds. The van der Waals surface area contributed by atoms with Gasteiger partial charge in [0.15, 0.2) is 0 Å². The first kappa shape index (κ1) is 17.0. The largest absolute Gasteiger partial charge is 0.411 e. The Morgan fingerprint density at radius 3 is 2.64 bits per heavy atom. The fourth-order valence-electron chi connectivity index (χ4n) is 3.13. The van der Waals surface area contributed by atoms with Crippen LogP contribution in [0, 0.1) is 11.3 Å². The number of nitriles is 1. The fraction of sp³-hybridized carbons (Fsp3) is 0.235. The summed E-state index contributed by atoms with van der Waals surface area (Å²) in [7, 11) is 1.89.